The zero-order valence-corrected chi connectivity index (χ0v) is 18.9. The average Bonchev–Trinajstić information content (AvgIpc) is 2.74. The summed E-state index contributed by atoms with van der Waals surface area (Å²) in [6, 6.07) is 8.26. The zero-order chi connectivity index (χ0) is 21.8. The van der Waals surface area contributed by atoms with E-state index in [4.69, 9.17) is 9.47 Å². The van der Waals surface area contributed by atoms with Gasteiger partial charge in [-0.2, -0.15) is 0 Å². The predicted octanol–water partition coefficient (Wildman–Crippen LogP) is 4.26. The molecule has 5 rings (SSSR count). The van der Waals surface area contributed by atoms with Crippen molar-refractivity contribution in [1.29, 1.82) is 0 Å². The number of fused-ring (bicyclic) bond motifs is 3. The number of amides is 1. The number of ether oxygens (including phenoxy) is 2. The Morgan fingerprint density at radius 1 is 1.16 bits per heavy atom. The minimum atomic E-state index is -0.282. The van der Waals surface area contributed by atoms with Gasteiger partial charge >= 0.3 is 0 Å². The first-order chi connectivity index (χ1) is 14.8. The van der Waals surface area contributed by atoms with Gasteiger partial charge in [0.2, 0.25) is 0 Å². The lowest BCUT2D eigenvalue weighted by molar-refractivity contribution is -0.173. The number of carbonyl (C=O) groups is 1. The third-order valence-corrected chi connectivity index (χ3v) is 7.52. The van der Waals surface area contributed by atoms with Crippen molar-refractivity contribution in [2.24, 2.45) is 11.3 Å². The molecular formula is C25H31N3O3. The van der Waals surface area contributed by atoms with Crippen molar-refractivity contribution >= 4 is 5.91 Å². The number of nitrogens with zero attached hydrogens (tertiary/aromatic N) is 3. The molecule has 0 saturated carbocycles. The van der Waals surface area contributed by atoms with E-state index in [0.717, 1.165) is 50.4 Å². The van der Waals surface area contributed by atoms with E-state index < -0.39 is 0 Å². The van der Waals surface area contributed by atoms with E-state index in [-0.39, 0.29) is 23.0 Å². The molecule has 0 aliphatic carbocycles. The van der Waals surface area contributed by atoms with Crippen LogP contribution in [-0.4, -0.2) is 46.1 Å². The average molecular weight is 422 g/mol. The van der Waals surface area contributed by atoms with E-state index in [1.54, 1.807) is 6.20 Å². The molecular weight excluding hydrogens is 390 g/mol. The van der Waals surface area contributed by atoms with E-state index in [1.807, 2.05) is 30.9 Å². The maximum atomic E-state index is 13.1. The van der Waals surface area contributed by atoms with Crippen molar-refractivity contribution in [2.45, 2.75) is 58.7 Å². The quantitative estimate of drug-likeness (QED) is 0.688. The van der Waals surface area contributed by atoms with Gasteiger partial charge in [0, 0.05) is 30.8 Å². The third-order valence-electron chi connectivity index (χ3n) is 7.52. The van der Waals surface area contributed by atoms with Gasteiger partial charge in [0.1, 0.15) is 17.2 Å². The summed E-state index contributed by atoms with van der Waals surface area (Å²) >= 11 is 0. The summed E-state index contributed by atoms with van der Waals surface area (Å²) in [4.78, 5) is 23.6. The van der Waals surface area contributed by atoms with Gasteiger partial charge in [-0.3, -0.25) is 4.79 Å². The summed E-state index contributed by atoms with van der Waals surface area (Å²) in [7, 11) is 0. The van der Waals surface area contributed by atoms with Gasteiger partial charge in [-0.25, -0.2) is 9.97 Å². The molecule has 6 heteroatoms. The van der Waals surface area contributed by atoms with E-state index in [0.29, 0.717) is 17.3 Å². The molecule has 2 saturated heterocycles. The summed E-state index contributed by atoms with van der Waals surface area (Å²) in [5.41, 5.74) is 2.35. The molecule has 31 heavy (non-hydrogen) atoms. The SMILES string of the molecule is Cc1ncc(C(=O)N2CCC3(CC2)CO[C@@H]2c4ccccc4OC(C)(C)[C@H]2C3)c(C)n1. The van der Waals surface area contributed by atoms with E-state index in [2.05, 4.69) is 35.9 Å². The topological polar surface area (TPSA) is 64.6 Å². The third kappa shape index (κ3) is 3.51. The van der Waals surface area contributed by atoms with Crippen LogP contribution >= 0.6 is 0 Å². The molecule has 164 valence electrons. The highest BCUT2D eigenvalue weighted by Gasteiger charge is 2.52. The van der Waals surface area contributed by atoms with E-state index >= 15 is 0 Å². The molecule has 3 aliphatic heterocycles. The fourth-order valence-electron chi connectivity index (χ4n) is 5.60. The van der Waals surface area contributed by atoms with Gasteiger partial charge in [0.25, 0.3) is 5.91 Å². The summed E-state index contributed by atoms with van der Waals surface area (Å²) < 4.78 is 13.0. The van der Waals surface area contributed by atoms with Crippen LogP contribution in [0.3, 0.4) is 0 Å². The highest BCUT2D eigenvalue weighted by molar-refractivity contribution is 5.95. The largest absolute Gasteiger partial charge is 0.487 e. The molecule has 0 bridgehead atoms. The van der Waals surface area contributed by atoms with Crippen LogP contribution in [0.1, 0.15) is 66.7 Å². The molecule has 1 aromatic carbocycles. The summed E-state index contributed by atoms with van der Waals surface area (Å²) in [5, 5.41) is 0. The Balaban J connectivity index is 1.31. The molecule has 0 unspecified atom stereocenters. The number of carbonyl (C=O) groups excluding carboxylic acids is 1. The molecule has 2 atom stereocenters. The van der Waals surface area contributed by atoms with Gasteiger partial charge in [-0.15, -0.1) is 0 Å². The standard InChI is InChI=1S/C25H31N3O3/c1-16-19(14-26-17(2)27-16)23(29)28-11-9-25(10-12-28)13-20-22(30-15-25)18-7-5-6-8-21(18)31-24(20,3)4/h5-8,14,20,22H,9-13,15H2,1-4H3/t20-,22+/m0/s1. The van der Waals surface area contributed by atoms with Gasteiger partial charge < -0.3 is 14.4 Å². The zero-order valence-electron chi connectivity index (χ0n) is 18.9. The van der Waals surface area contributed by atoms with Crippen molar-refractivity contribution < 1.29 is 14.3 Å². The smallest absolute Gasteiger partial charge is 0.257 e. The lowest BCUT2D eigenvalue weighted by Crippen LogP contribution is -2.54. The van der Waals surface area contributed by atoms with Crippen LogP contribution in [0.2, 0.25) is 0 Å². The molecule has 2 fully saturated rings. The monoisotopic (exact) mass is 421 g/mol. The highest BCUT2D eigenvalue weighted by atomic mass is 16.5. The minimum Gasteiger partial charge on any atom is -0.487 e. The lowest BCUT2D eigenvalue weighted by Gasteiger charge is -2.54. The Labute approximate surface area is 184 Å². The molecule has 4 heterocycles. The first-order valence-electron chi connectivity index (χ1n) is 11.3. The van der Waals surface area contributed by atoms with Crippen LogP contribution in [0.5, 0.6) is 5.75 Å². The second-order valence-corrected chi connectivity index (χ2v) is 9.99. The second-order valence-electron chi connectivity index (χ2n) is 9.99. The lowest BCUT2D eigenvalue weighted by atomic mass is 9.64. The fourth-order valence-corrected chi connectivity index (χ4v) is 5.60. The number of benzene rings is 1. The van der Waals surface area contributed by atoms with Gasteiger partial charge in [-0.1, -0.05) is 18.2 Å². The van der Waals surface area contributed by atoms with Gasteiger partial charge in [-0.05, 0) is 58.4 Å². The highest BCUT2D eigenvalue weighted by Crippen LogP contribution is 2.55. The van der Waals surface area contributed by atoms with Crippen LogP contribution < -0.4 is 4.74 Å². The Morgan fingerprint density at radius 2 is 1.90 bits per heavy atom. The minimum absolute atomic E-state index is 0.0391. The van der Waals surface area contributed by atoms with Crippen molar-refractivity contribution in [3.63, 3.8) is 0 Å². The predicted molar refractivity (Wildman–Crippen MR) is 117 cm³/mol. The molecule has 1 amide bonds. The number of para-hydroxylation sites is 1. The molecule has 0 radical (unpaired) electrons. The maximum Gasteiger partial charge on any atom is 0.257 e. The van der Waals surface area contributed by atoms with Gasteiger partial charge in [0.15, 0.2) is 0 Å². The van der Waals surface area contributed by atoms with Crippen molar-refractivity contribution in [3.05, 3.63) is 53.1 Å². The number of aryl methyl sites for hydroxylation is 2. The number of piperidine rings is 1. The number of hydrogen-bond acceptors (Lipinski definition) is 5. The maximum absolute atomic E-state index is 13.1. The van der Waals surface area contributed by atoms with E-state index in [1.165, 1.54) is 5.56 Å². The van der Waals surface area contributed by atoms with E-state index in [9.17, 15) is 4.79 Å². The van der Waals surface area contributed by atoms with Crippen LogP contribution in [-0.2, 0) is 4.74 Å². The molecule has 2 aromatic rings. The van der Waals surface area contributed by atoms with Crippen LogP contribution in [0.4, 0.5) is 0 Å². The number of rotatable bonds is 1. The molecule has 6 nitrogen and oxygen atoms in total. The van der Waals surface area contributed by atoms with Crippen LogP contribution in [0.25, 0.3) is 0 Å². The van der Waals surface area contributed by atoms with Crippen molar-refractivity contribution in [3.8, 4) is 5.75 Å². The molecule has 3 aliphatic rings. The Hall–Kier alpha value is -2.47. The Bertz CT molecular complexity index is 1010. The van der Waals surface area contributed by atoms with Gasteiger partial charge in [0.05, 0.1) is 24.0 Å². The Kier molecular flexibility index (Phi) is 4.81. The summed E-state index contributed by atoms with van der Waals surface area (Å²) in [6.07, 6.45) is 4.71. The molecule has 0 N–H and O–H groups in total. The second kappa shape index (κ2) is 7.30. The Morgan fingerprint density at radius 3 is 2.65 bits per heavy atom. The van der Waals surface area contributed by atoms with Crippen LogP contribution in [0.15, 0.2) is 30.5 Å². The molecule has 1 aromatic heterocycles. The number of hydrogen-bond donors (Lipinski definition) is 0. The van der Waals surface area contributed by atoms with Crippen molar-refractivity contribution in [2.75, 3.05) is 19.7 Å². The molecule has 1 spiro atoms. The number of likely N-dealkylation sites (tertiary alicyclic amines) is 1. The normalized spacial score (nSPS) is 26.0. The van der Waals surface area contributed by atoms with Crippen molar-refractivity contribution in [1.82, 2.24) is 14.9 Å². The summed E-state index contributed by atoms with van der Waals surface area (Å²) in [6.45, 7) is 10.3. The first-order valence-corrected chi connectivity index (χ1v) is 11.3. The van der Waals surface area contributed by atoms with Crippen LogP contribution in [0, 0.1) is 25.2 Å². The fraction of sp³-hybridized carbons (Fsp3) is 0.560. The summed E-state index contributed by atoms with van der Waals surface area (Å²) in [5.74, 6) is 1.98. The number of aromatic nitrogens is 2. The first kappa shape index (κ1) is 20.4.